The van der Waals surface area contributed by atoms with Crippen molar-refractivity contribution in [3.8, 4) is 5.75 Å². The van der Waals surface area contributed by atoms with Gasteiger partial charge in [0.1, 0.15) is 11.3 Å². The van der Waals surface area contributed by atoms with Crippen LogP contribution >= 0.6 is 0 Å². The smallest absolute Gasteiger partial charge is 0.340 e. The van der Waals surface area contributed by atoms with Crippen molar-refractivity contribution in [2.45, 2.75) is 25.8 Å². The Bertz CT molecular complexity index is 1310. The molecule has 2 aromatic carbocycles. The lowest BCUT2D eigenvalue weighted by atomic mass is 9.83. The molecule has 2 unspecified atom stereocenters. The zero-order valence-corrected chi connectivity index (χ0v) is 18.8. The van der Waals surface area contributed by atoms with Crippen molar-refractivity contribution in [3.63, 3.8) is 0 Å². The quantitative estimate of drug-likeness (QED) is 0.374. The first-order valence-corrected chi connectivity index (χ1v) is 10.7. The van der Waals surface area contributed by atoms with Crippen LogP contribution in [0.25, 0.3) is 0 Å². The zero-order chi connectivity index (χ0) is 24.4. The van der Waals surface area contributed by atoms with Crippen LogP contribution in [0.2, 0.25) is 0 Å². The summed E-state index contributed by atoms with van der Waals surface area (Å²) in [6, 6.07) is 17.5. The molecule has 176 valence electrons. The van der Waals surface area contributed by atoms with Gasteiger partial charge in [-0.05, 0) is 24.5 Å². The Labute approximate surface area is 195 Å². The highest BCUT2D eigenvalue weighted by atomic mass is 16.8. The highest BCUT2D eigenvalue weighted by molar-refractivity contribution is 5.92. The SMILES string of the molecule is COC(=O)C1=C(N)Oc2cc(C)n(CCc3ccccc3)c(=O)c2C1c1cccc([NH+]([O-])O)c1. The van der Waals surface area contributed by atoms with Gasteiger partial charge in [-0.3, -0.25) is 4.79 Å². The molecule has 4 rings (SSSR count). The number of aromatic nitrogens is 1. The molecular weight excluding hydrogens is 438 g/mol. The van der Waals surface area contributed by atoms with Crippen LogP contribution in [0.1, 0.15) is 28.3 Å². The summed E-state index contributed by atoms with van der Waals surface area (Å²) < 4.78 is 12.2. The minimum Gasteiger partial charge on any atom is -0.595 e. The molecular formula is C25H25N3O6. The normalized spacial score (nSPS) is 15.9. The largest absolute Gasteiger partial charge is 0.595 e. The van der Waals surface area contributed by atoms with Crippen molar-refractivity contribution < 1.29 is 24.7 Å². The molecule has 1 aliphatic rings. The number of aryl methyl sites for hydroxylation is 2. The summed E-state index contributed by atoms with van der Waals surface area (Å²) in [5.74, 6) is -1.67. The highest BCUT2D eigenvalue weighted by Gasteiger charge is 2.38. The van der Waals surface area contributed by atoms with Crippen LogP contribution in [0.15, 0.2) is 76.9 Å². The van der Waals surface area contributed by atoms with E-state index in [0.717, 1.165) is 5.56 Å². The highest BCUT2D eigenvalue weighted by Crippen LogP contribution is 2.41. The van der Waals surface area contributed by atoms with Crippen LogP contribution in [-0.4, -0.2) is 22.9 Å². The molecule has 2 heterocycles. The van der Waals surface area contributed by atoms with Gasteiger partial charge in [0.2, 0.25) is 5.88 Å². The number of benzene rings is 2. The van der Waals surface area contributed by atoms with Gasteiger partial charge in [0.15, 0.2) is 5.69 Å². The number of esters is 1. The maximum Gasteiger partial charge on any atom is 0.340 e. The summed E-state index contributed by atoms with van der Waals surface area (Å²) in [4.78, 5) is 26.5. The van der Waals surface area contributed by atoms with Gasteiger partial charge in [-0.15, -0.1) is 0 Å². The summed E-state index contributed by atoms with van der Waals surface area (Å²) in [7, 11) is 1.20. The summed E-state index contributed by atoms with van der Waals surface area (Å²) in [5.41, 5.74) is 8.10. The van der Waals surface area contributed by atoms with E-state index in [0.29, 0.717) is 24.2 Å². The molecule has 34 heavy (non-hydrogen) atoms. The molecule has 9 nitrogen and oxygen atoms in total. The topological polar surface area (TPSA) is 131 Å². The fourth-order valence-corrected chi connectivity index (χ4v) is 4.24. The lowest BCUT2D eigenvalue weighted by molar-refractivity contribution is -0.991. The van der Waals surface area contributed by atoms with E-state index in [1.165, 1.54) is 19.2 Å². The molecule has 3 aromatic rings. The molecule has 0 saturated heterocycles. The Morgan fingerprint density at radius 2 is 1.94 bits per heavy atom. The third-order valence-electron chi connectivity index (χ3n) is 5.91. The van der Waals surface area contributed by atoms with Gasteiger partial charge in [-0.25, -0.2) is 10.0 Å². The summed E-state index contributed by atoms with van der Waals surface area (Å²) in [6.07, 6.45) is 0.627. The molecule has 2 atom stereocenters. The maximum absolute atomic E-state index is 13.8. The Kier molecular flexibility index (Phi) is 6.51. The predicted octanol–water partition coefficient (Wildman–Crippen LogP) is 1.67. The Morgan fingerprint density at radius 1 is 1.21 bits per heavy atom. The number of hydrogen-bond donors (Lipinski definition) is 3. The van der Waals surface area contributed by atoms with E-state index in [1.54, 1.807) is 29.7 Å². The minimum absolute atomic E-state index is 0.0184. The van der Waals surface area contributed by atoms with Crippen LogP contribution < -0.4 is 21.3 Å². The Balaban J connectivity index is 1.88. The average Bonchev–Trinajstić information content (AvgIpc) is 2.83. The number of quaternary nitrogens is 1. The van der Waals surface area contributed by atoms with Crippen molar-refractivity contribution in [2.75, 3.05) is 7.11 Å². The summed E-state index contributed by atoms with van der Waals surface area (Å²) in [6.45, 7) is 2.21. The van der Waals surface area contributed by atoms with E-state index in [1.807, 2.05) is 30.3 Å². The average molecular weight is 463 g/mol. The summed E-state index contributed by atoms with van der Waals surface area (Å²) >= 11 is 0. The van der Waals surface area contributed by atoms with Crippen LogP contribution in [0.5, 0.6) is 5.75 Å². The van der Waals surface area contributed by atoms with Gasteiger partial charge in [0, 0.05) is 30.4 Å². The molecule has 0 fully saturated rings. The van der Waals surface area contributed by atoms with Crippen molar-refractivity contribution >= 4 is 11.7 Å². The number of pyridine rings is 1. The monoisotopic (exact) mass is 463 g/mol. The standard InChI is InChI=1S/C25H25N3O6/c1-15-13-19-21(24(29)27(15)12-11-16-7-4-3-5-8-16)20(22(23(26)34-19)25(30)33-2)17-9-6-10-18(14-17)28(31)32/h3-10,13-14,20,28,31H,11-12,26H2,1-2H3. The van der Waals surface area contributed by atoms with E-state index >= 15 is 0 Å². The second kappa shape index (κ2) is 9.52. The molecule has 0 bridgehead atoms. The van der Waals surface area contributed by atoms with E-state index in [-0.39, 0.29) is 34.0 Å². The Hall–Kier alpha value is -3.92. The molecule has 9 heteroatoms. The number of nitrogens with one attached hydrogen (secondary N) is 1. The number of ether oxygens (including phenoxy) is 2. The number of hydrogen-bond acceptors (Lipinski definition) is 7. The number of rotatable bonds is 6. The van der Waals surface area contributed by atoms with Gasteiger partial charge in [0.05, 0.1) is 18.6 Å². The number of nitrogens with zero attached hydrogens (tertiary/aromatic N) is 1. The predicted molar refractivity (Wildman–Crippen MR) is 124 cm³/mol. The first-order valence-electron chi connectivity index (χ1n) is 10.7. The van der Waals surface area contributed by atoms with E-state index in [4.69, 9.17) is 15.2 Å². The van der Waals surface area contributed by atoms with Crippen molar-refractivity contribution in [1.29, 1.82) is 0 Å². The molecule has 0 saturated carbocycles. The molecule has 1 aromatic heterocycles. The molecule has 0 aliphatic carbocycles. The fraction of sp³-hybridized carbons (Fsp3) is 0.200. The first kappa shape index (κ1) is 23.2. The van der Waals surface area contributed by atoms with Gasteiger partial charge in [0.25, 0.3) is 5.56 Å². The van der Waals surface area contributed by atoms with Gasteiger partial charge < -0.3 is 25.0 Å². The zero-order valence-electron chi connectivity index (χ0n) is 18.8. The van der Waals surface area contributed by atoms with Crippen LogP contribution in [0.3, 0.4) is 0 Å². The number of carbonyl (C=O) groups excluding carboxylic acids is 1. The van der Waals surface area contributed by atoms with Crippen LogP contribution in [0.4, 0.5) is 5.69 Å². The minimum atomic E-state index is -1.13. The van der Waals surface area contributed by atoms with Gasteiger partial charge >= 0.3 is 5.97 Å². The van der Waals surface area contributed by atoms with Gasteiger partial charge in [-0.1, -0.05) is 42.5 Å². The second-order valence-corrected chi connectivity index (χ2v) is 7.99. The first-order chi connectivity index (χ1) is 16.3. The van der Waals surface area contributed by atoms with E-state index in [2.05, 4.69) is 0 Å². The van der Waals surface area contributed by atoms with Crippen molar-refractivity contribution in [3.05, 3.63) is 110 Å². The number of nitrogens with two attached hydrogens (primary N) is 1. The molecule has 1 aliphatic heterocycles. The number of carbonyl (C=O) groups is 1. The number of methoxy groups -OCH3 is 1. The van der Waals surface area contributed by atoms with Crippen LogP contribution in [-0.2, 0) is 22.5 Å². The van der Waals surface area contributed by atoms with E-state index in [9.17, 15) is 20.0 Å². The Morgan fingerprint density at radius 3 is 2.62 bits per heavy atom. The maximum atomic E-state index is 13.8. The molecule has 4 N–H and O–H groups in total. The van der Waals surface area contributed by atoms with Gasteiger partial charge in [-0.2, -0.15) is 5.23 Å². The number of fused-ring (bicyclic) bond motifs is 1. The third-order valence-corrected chi connectivity index (χ3v) is 5.91. The molecule has 0 amide bonds. The summed E-state index contributed by atoms with van der Waals surface area (Å²) in [5, 5.41) is 19.9. The van der Waals surface area contributed by atoms with Crippen molar-refractivity contribution in [1.82, 2.24) is 4.57 Å². The lowest BCUT2D eigenvalue weighted by Crippen LogP contribution is -2.99. The van der Waals surface area contributed by atoms with Crippen LogP contribution in [0, 0.1) is 12.1 Å². The fourth-order valence-electron chi connectivity index (χ4n) is 4.24. The second-order valence-electron chi connectivity index (χ2n) is 7.99. The van der Waals surface area contributed by atoms with E-state index < -0.39 is 17.1 Å². The van der Waals surface area contributed by atoms with Crippen molar-refractivity contribution in [2.24, 2.45) is 5.73 Å². The lowest BCUT2D eigenvalue weighted by Gasteiger charge is -2.29. The molecule has 0 radical (unpaired) electrons. The third kappa shape index (κ3) is 4.32. The molecule has 0 spiro atoms.